The number of ether oxygens (including phenoxy) is 1. The zero-order chi connectivity index (χ0) is 12.1. The summed E-state index contributed by atoms with van der Waals surface area (Å²) in [5.41, 5.74) is 0. The third-order valence-corrected chi connectivity index (χ3v) is 7.44. The van der Waals surface area contributed by atoms with Gasteiger partial charge in [-0.25, -0.2) is 0 Å². The Bertz CT molecular complexity index is 223. The second kappa shape index (κ2) is 5.69. The van der Waals surface area contributed by atoms with Crippen molar-refractivity contribution < 1.29 is 9.16 Å². The van der Waals surface area contributed by atoms with Gasteiger partial charge < -0.3 is 9.16 Å². The molecule has 2 nitrogen and oxygen atoms in total. The fourth-order valence-electron chi connectivity index (χ4n) is 0.781. The first kappa shape index (κ1) is 14.7. The Hall–Kier alpha value is -0.303. The van der Waals surface area contributed by atoms with Crippen LogP contribution in [0.5, 0.6) is 0 Å². The topological polar surface area (TPSA) is 18.5 Å². The molecule has 1 unspecified atom stereocenters. The van der Waals surface area contributed by atoms with Gasteiger partial charge in [-0.3, -0.25) is 0 Å². The van der Waals surface area contributed by atoms with E-state index in [1.807, 2.05) is 6.92 Å². The number of hydrogen-bond acceptors (Lipinski definition) is 2. The van der Waals surface area contributed by atoms with Gasteiger partial charge >= 0.3 is 0 Å². The van der Waals surface area contributed by atoms with Crippen LogP contribution < -0.4 is 0 Å². The molecule has 1 atom stereocenters. The lowest BCUT2D eigenvalue weighted by atomic mass is 10.2. The Morgan fingerprint density at radius 3 is 2.27 bits per heavy atom. The molecule has 0 amide bonds. The van der Waals surface area contributed by atoms with Gasteiger partial charge in [0.2, 0.25) is 0 Å². The summed E-state index contributed by atoms with van der Waals surface area (Å²) in [6, 6.07) is 0. The van der Waals surface area contributed by atoms with Crippen LogP contribution in [0.2, 0.25) is 18.1 Å². The first-order valence-electron chi connectivity index (χ1n) is 5.40. The van der Waals surface area contributed by atoms with Gasteiger partial charge in [-0.15, -0.1) is 6.42 Å². The Balaban J connectivity index is 4.00. The molecule has 0 aliphatic carbocycles. The lowest BCUT2D eigenvalue weighted by molar-refractivity contribution is 0.0477. The minimum Gasteiger partial charge on any atom is -0.414 e. The van der Waals surface area contributed by atoms with Crippen LogP contribution in [0.15, 0.2) is 0 Å². The zero-order valence-corrected chi connectivity index (χ0v) is 11.9. The highest BCUT2D eigenvalue weighted by Gasteiger charge is 2.37. The van der Waals surface area contributed by atoms with E-state index in [-0.39, 0.29) is 11.1 Å². The molecule has 0 saturated heterocycles. The van der Waals surface area contributed by atoms with Gasteiger partial charge in [0.15, 0.2) is 8.32 Å². The molecular weight excluding hydrogens is 204 g/mol. The molecule has 0 N–H and O–H groups in total. The van der Waals surface area contributed by atoms with Gasteiger partial charge in [0.25, 0.3) is 0 Å². The fourth-order valence-corrected chi connectivity index (χ4v) is 1.87. The summed E-state index contributed by atoms with van der Waals surface area (Å²) in [6.07, 6.45) is 5.20. The average Bonchev–Trinajstić information content (AvgIpc) is 2.09. The number of rotatable bonds is 5. The Morgan fingerprint density at radius 1 is 1.33 bits per heavy atom. The van der Waals surface area contributed by atoms with Crippen LogP contribution in [0.4, 0.5) is 0 Å². The minimum absolute atomic E-state index is 0.0789. The average molecular weight is 228 g/mol. The van der Waals surface area contributed by atoms with E-state index in [0.29, 0.717) is 13.2 Å². The molecule has 3 heteroatoms. The van der Waals surface area contributed by atoms with Crippen molar-refractivity contribution in [2.24, 2.45) is 0 Å². The van der Waals surface area contributed by atoms with Crippen LogP contribution in [0.1, 0.15) is 27.7 Å². The molecule has 0 radical (unpaired) electrons. The van der Waals surface area contributed by atoms with Crippen molar-refractivity contribution in [3.05, 3.63) is 0 Å². The van der Waals surface area contributed by atoms with Crippen molar-refractivity contribution in [2.45, 2.75) is 51.9 Å². The van der Waals surface area contributed by atoms with Crippen LogP contribution in [0, 0.1) is 12.3 Å². The third kappa shape index (κ3) is 5.36. The highest BCUT2D eigenvalue weighted by atomic mass is 28.4. The molecule has 0 fully saturated rings. The SMILES string of the molecule is C#CCOC(C)CO[Si](C)(C)C(C)(C)C. The van der Waals surface area contributed by atoms with E-state index >= 15 is 0 Å². The maximum Gasteiger partial charge on any atom is 0.192 e. The van der Waals surface area contributed by atoms with E-state index in [4.69, 9.17) is 15.6 Å². The summed E-state index contributed by atoms with van der Waals surface area (Å²) in [7, 11) is -1.64. The molecule has 0 rings (SSSR count). The van der Waals surface area contributed by atoms with E-state index < -0.39 is 8.32 Å². The van der Waals surface area contributed by atoms with Gasteiger partial charge in [-0.05, 0) is 25.1 Å². The normalized spacial score (nSPS) is 14.7. The maximum atomic E-state index is 6.00. The van der Waals surface area contributed by atoms with Gasteiger partial charge in [0.1, 0.15) is 6.61 Å². The predicted molar refractivity (Wildman–Crippen MR) is 67.4 cm³/mol. The molecule has 0 aromatic rings. The van der Waals surface area contributed by atoms with Crippen LogP contribution in [0.25, 0.3) is 0 Å². The van der Waals surface area contributed by atoms with Gasteiger partial charge in [-0.2, -0.15) is 0 Å². The molecule has 0 aliphatic rings. The first-order valence-corrected chi connectivity index (χ1v) is 8.30. The maximum absolute atomic E-state index is 6.00. The van der Waals surface area contributed by atoms with E-state index in [9.17, 15) is 0 Å². The second-order valence-corrected chi connectivity index (χ2v) is 10.2. The van der Waals surface area contributed by atoms with Gasteiger partial charge in [0.05, 0.1) is 12.7 Å². The first-order chi connectivity index (χ1) is 6.70. The highest BCUT2D eigenvalue weighted by molar-refractivity contribution is 6.74. The van der Waals surface area contributed by atoms with Crippen molar-refractivity contribution in [2.75, 3.05) is 13.2 Å². The highest BCUT2D eigenvalue weighted by Crippen LogP contribution is 2.36. The van der Waals surface area contributed by atoms with Gasteiger partial charge in [-0.1, -0.05) is 26.7 Å². The molecule has 88 valence electrons. The largest absolute Gasteiger partial charge is 0.414 e. The van der Waals surface area contributed by atoms with Crippen LogP contribution in [0.3, 0.4) is 0 Å². The summed E-state index contributed by atoms with van der Waals surface area (Å²) in [5, 5.41) is 0.249. The Morgan fingerprint density at radius 2 is 1.87 bits per heavy atom. The van der Waals surface area contributed by atoms with Crippen molar-refractivity contribution >= 4 is 8.32 Å². The zero-order valence-electron chi connectivity index (χ0n) is 10.9. The molecular formula is C12H24O2Si. The minimum atomic E-state index is -1.64. The van der Waals surface area contributed by atoms with E-state index in [2.05, 4.69) is 39.8 Å². The van der Waals surface area contributed by atoms with E-state index in [1.165, 1.54) is 0 Å². The third-order valence-electron chi connectivity index (χ3n) is 2.94. The van der Waals surface area contributed by atoms with Crippen LogP contribution in [-0.2, 0) is 9.16 Å². The number of terminal acetylenes is 1. The molecule has 0 saturated carbocycles. The Labute approximate surface area is 95.5 Å². The summed E-state index contributed by atoms with van der Waals surface area (Å²) in [6.45, 7) is 14.1. The van der Waals surface area contributed by atoms with Gasteiger partial charge in [0, 0.05) is 0 Å². The van der Waals surface area contributed by atoms with Crippen LogP contribution in [-0.4, -0.2) is 27.6 Å². The summed E-state index contributed by atoms with van der Waals surface area (Å²) in [4.78, 5) is 0. The lowest BCUT2D eigenvalue weighted by Gasteiger charge is -2.36. The van der Waals surface area contributed by atoms with Crippen molar-refractivity contribution in [1.29, 1.82) is 0 Å². The molecule has 0 bridgehead atoms. The second-order valence-electron chi connectivity index (χ2n) is 5.40. The Kier molecular flexibility index (Phi) is 5.58. The van der Waals surface area contributed by atoms with Crippen LogP contribution >= 0.6 is 0 Å². The molecule has 0 spiro atoms. The molecule has 0 heterocycles. The monoisotopic (exact) mass is 228 g/mol. The lowest BCUT2D eigenvalue weighted by Crippen LogP contribution is -2.42. The quantitative estimate of drug-likeness (QED) is 0.532. The molecule has 0 aliphatic heterocycles. The van der Waals surface area contributed by atoms with E-state index in [0.717, 1.165) is 0 Å². The molecule has 0 aromatic carbocycles. The van der Waals surface area contributed by atoms with Crippen molar-refractivity contribution in [3.8, 4) is 12.3 Å². The smallest absolute Gasteiger partial charge is 0.192 e. The van der Waals surface area contributed by atoms with E-state index in [1.54, 1.807) is 0 Å². The molecule has 0 aromatic heterocycles. The fraction of sp³-hybridized carbons (Fsp3) is 0.833. The predicted octanol–water partition coefficient (Wildman–Crippen LogP) is 3.05. The number of hydrogen-bond donors (Lipinski definition) is 0. The summed E-state index contributed by atoms with van der Waals surface area (Å²) >= 11 is 0. The summed E-state index contributed by atoms with van der Waals surface area (Å²) < 4.78 is 11.4. The molecule has 15 heavy (non-hydrogen) atoms. The van der Waals surface area contributed by atoms with Crippen molar-refractivity contribution in [1.82, 2.24) is 0 Å². The van der Waals surface area contributed by atoms with Crippen molar-refractivity contribution in [3.63, 3.8) is 0 Å². The standard InChI is InChI=1S/C12H24O2Si/c1-8-9-13-11(2)10-14-15(6,7)12(3,4)5/h1,11H,9-10H2,2-7H3. The summed E-state index contributed by atoms with van der Waals surface area (Å²) in [5.74, 6) is 2.46.